The van der Waals surface area contributed by atoms with Gasteiger partial charge in [0.1, 0.15) is 5.75 Å². The fourth-order valence-corrected chi connectivity index (χ4v) is 4.80. The molecule has 2 aromatic heterocycles. The molecule has 0 unspecified atom stereocenters. The fraction of sp³-hybridized carbons (Fsp3) is 0.476. The zero-order valence-electron chi connectivity index (χ0n) is 17.9. The Morgan fingerprint density at radius 1 is 1.19 bits per heavy atom. The van der Waals surface area contributed by atoms with Crippen molar-refractivity contribution in [2.24, 2.45) is 0 Å². The van der Waals surface area contributed by atoms with Gasteiger partial charge in [-0.25, -0.2) is 22.8 Å². The first-order valence-corrected chi connectivity index (χ1v) is 12.6. The first kappa shape index (κ1) is 22.4. The molecule has 1 aliphatic carbocycles. The molecule has 0 bridgehead atoms. The van der Waals surface area contributed by atoms with Crippen LogP contribution < -0.4 is 14.8 Å². The Hall–Kier alpha value is -2.76. The normalized spacial score (nSPS) is 19.2. The lowest BCUT2D eigenvalue weighted by Gasteiger charge is -2.29. The zero-order valence-corrected chi connectivity index (χ0v) is 18.8. The maximum Gasteiger partial charge on any atom is 0.224 e. The third-order valence-electron chi connectivity index (χ3n) is 5.43. The van der Waals surface area contributed by atoms with Crippen molar-refractivity contribution >= 4 is 26.9 Å². The SMILES string of the molecule is CS(=O)(=O)N[C@H]1CC[C@H](Nc2nccc(-n3ncc4c(OCCCO)cccc43)n2)CC1. The van der Waals surface area contributed by atoms with Gasteiger partial charge in [0.15, 0.2) is 5.82 Å². The summed E-state index contributed by atoms with van der Waals surface area (Å²) in [5.74, 6) is 1.87. The molecule has 1 aliphatic rings. The Labute approximate surface area is 187 Å². The number of fused-ring (bicyclic) bond motifs is 1. The highest BCUT2D eigenvalue weighted by atomic mass is 32.2. The minimum Gasteiger partial charge on any atom is -0.493 e. The number of hydrogen-bond acceptors (Lipinski definition) is 8. The molecule has 0 atom stereocenters. The van der Waals surface area contributed by atoms with Crippen molar-refractivity contribution in [1.29, 1.82) is 0 Å². The van der Waals surface area contributed by atoms with E-state index in [1.807, 2.05) is 18.2 Å². The van der Waals surface area contributed by atoms with E-state index in [-0.39, 0.29) is 18.7 Å². The van der Waals surface area contributed by atoms with Crippen LogP contribution in [0.15, 0.2) is 36.7 Å². The summed E-state index contributed by atoms with van der Waals surface area (Å²) in [6.07, 6.45) is 8.41. The summed E-state index contributed by atoms with van der Waals surface area (Å²) in [7, 11) is -3.18. The molecular weight excluding hydrogens is 432 g/mol. The minimum absolute atomic E-state index is 0.0143. The molecule has 0 amide bonds. The van der Waals surface area contributed by atoms with Crippen LogP contribution in [0.1, 0.15) is 32.1 Å². The fourth-order valence-electron chi connectivity index (χ4n) is 3.96. The molecule has 1 saturated carbocycles. The lowest BCUT2D eigenvalue weighted by atomic mass is 9.92. The lowest BCUT2D eigenvalue weighted by Crippen LogP contribution is -2.39. The highest BCUT2D eigenvalue weighted by molar-refractivity contribution is 7.88. The summed E-state index contributed by atoms with van der Waals surface area (Å²) < 4.78 is 33.1. The van der Waals surface area contributed by atoms with Crippen LogP contribution in [-0.4, -0.2) is 64.8 Å². The van der Waals surface area contributed by atoms with Gasteiger partial charge in [0.25, 0.3) is 0 Å². The van der Waals surface area contributed by atoms with E-state index in [1.54, 1.807) is 23.1 Å². The molecule has 0 spiro atoms. The highest BCUT2D eigenvalue weighted by Gasteiger charge is 2.23. The number of sulfonamides is 1. The molecule has 172 valence electrons. The predicted molar refractivity (Wildman–Crippen MR) is 122 cm³/mol. The quantitative estimate of drug-likeness (QED) is 0.412. The van der Waals surface area contributed by atoms with Crippen molar-refractivity contribution in [1.82, 2.24) is 24.5 Å². The third kappa shape index (κ3) is 5.53. The van der Waals surface area contributed by atoms with Gasteiger partial charge < -0.3 is 15.2 Å². The lowest BCUT2D eigenvalue weighted by molar-refractivity contribution is 0.235. The van der Waals surface area contributed by atoms with Crippen molar-refractivity contribution in [3.05, 3.63) is 36.7 Å². The minimum atomic E-state index is -3.18. The molecule has 0 radical (unpaired) electrons. The first-order valence-electron chi connectivity index (χ1n) is 10.7. The molecule has 4 rings (SSSR count). The van der Waals surface area contributed by atoms with Crippen LogP contribution >= 0.6 is 0 Å². The number of ether oxygens (including phenoxy) is 1. The number of aromatic nitrogens is 4. The van der Waals surface area contributed by atoms with Gasteiger partial charge in [0, 0.05) is 37.4 Å². The van der Waals surface area contributed by atoms with Gasteiger partial charge in [0.05, 0.1) is 30.0 Å². The smallest absolute Gasteiger partial charge is 0.224 e. The van der Waals surface area contributed by atoms with E-state index in [0.29, 0.717) is 30.5 Å². The van der Waals surface area contributed by atoms with E-state index in [0.717, 1.165) is 36.6 Å². The van der Waals surface area contributed by atoms with E-state index < -0.39 is 10.0 Å². The Morgan fingerprint density at radius 2 is 1.97 bits per heavy atom. The number of nitrogens with zero attached hydrogens (tertiary/aromatic N) is 4. The van der Waals surface area contributed by atoms with Crippen molar-refractivity contribution in [2.45, 2.75) is 44.2 Å². The Kier molecular flexibility index (Phi) is 6.87. The molecule has 0 saturated heterocycles. The van der Waals surface area contributed by atoms with Crippen molar-refractivity contribution in [2.75, 3.05) is 24.8 Å². The van der Waals surface area contributed by atoms with E-state index in [2.05, 4.69) is 25.1 Å². The van der Waals surface area contributed by atoms with Crippen LogP contribution in [0.25, 0.3) is 16.7 Å². The van der Waals surface area contributed by atoms with Gasteiger partial charge in [-0.15, -0.1) is 0 Å². The average molecular weight is 461 g/mol. The van der Waals surface area contributed by atoms with Crippen LogP contribution in [0.3, 0.4) is 0 Å². The van der Waals surface area contributed by atoms with Crippen molar-refractivity contribution in [3.8, 4) is 11.6 Å². The van der Waals surface area contributed by atoms with Gasteiger partial charge in [-0.3, -0.25) is 0 Å². The number of nitrogens with one attached hydrogen (secondary N) is 2. The van der Waals surface area contributed by atoms with E-state index in [1.165, 1.54) is 6.26 Å². The zero-order chi connectivity index (χ0) is 22.6. The van der Waals surface area contributed by atoms with Gasteiger partial charge in [-0.1, -0.05) is 6.07 Å². The Bertz CT molecular complexity index is 1160. The number of aliphatic hydroxyl groups excluding tert-OH is 1. The Morgan fingerprint density at radius 3 is 2.72 bits per heavy atom. The number of hydrogen-bond donors (Lipinski definition) is 3. The molecule has 0 aliphatic heterocycles. The number of rotatable bonds is 9. The van der Waals surface area contributed by atoms with Crippen molar-refractivity contribution < 1.29 is 18.3 Å². The maximum atomic E-state index is 11.4. The second kappa shape index (κ2) is 9.80. The molecule has 3 N–H and O–H groups in total. The number of benzene rings is 1. The summed E-state index contributed by atoms with van der Waals surface area (Å²) in [4.78, 5) is 8.98. The van der Waals surface area contributed by atoms with E-state index in [4.69, 9.17) is 9.84 Å². The van der Waals surface area contributed by atoms with Crippen LogP contribution in [-0.2, 0) is 10.0 Å². The highest BCUT2D eigenvalue weighted by Crippen LogP contribution is 2.27. The van der Waals surface area contributed by atoms with Gasteiger partial charge >= 0.3 is 0 Å². The largest absolute Gasteiger partial charge is 0.493 e. The molecular formula is C21H28N6O4S. The standard InChI is InChI=1S/C21H28N6O4S/c1-32(29,30)26-16-8-6-15(7-9-16)24-21-22-11-10-20(25-21)27-18-4-2-5-19(17(18)14-23-27)31-13-3-12-28/h2,4-5,10-11,14-16,26,28H,3,6-9,12-13H2,1H3,(H,22,24,25)/t15-,16-. The summed E-state index contributed by atoms with van der Waals surface area (Å²) in [5.41, 5.74) is 0.864. The van der Waals surface area contributed by atoms with Crippen molar-refractivity contribution in [3.63, 3.8) is 0 Å². The second-order valence-corrected chi connectivity index (χ2v) is 9.77. The summed E-state index contributed by atoms with van der Waals surface area (Å²) in [6.45, 7) is 0.520. The third-order valence-corrected chi connectivity index (χ3v) is 6.19. The Balaban J connectivity index is 1.46. The molecule has 3 aromatic rings. The number of anilines is 1. The summed E-state index contributed by atoms with van der Waals surface area (Å²) >= 11 is 0. The number of aliphatic hydroxyl groups is 1. The van der Waals surface area contributed by atoms with Gasteiger partial charge in [0.2, 0.25) is 16.0 Å². The average Bonchev–Trinajstić information content (AvgIpc) is 3.20. The van der Waals surface area contributed by atoms with Crippen LogP contribution in [0, 0.1) is 0 Å². The van der Waals surface area contributed by atoms with Gasteiger partial charge in [-0.2, -0.15) is 10.1 Å². The van der Waals surface area contributed by atoms with Gasteiger partial charge in [-0.05, 0) is 37.8 Å². The topological polar surface area (TPSA) is 131 Å². The summed E-state index contributed by atoms with van der Waals surface area (Å²) in [5, 5.41) is 17.7. The van der Waals surface area contributed by atoms with Crippen LogP contribution in [0.5, 0.6) is 5.75 Å². The molecule has 32 heavy (non-hydrogen) atoms. The second-order valence-electron chi connectivity index (χ2n) is 7.99. The summed E-state index contributed by atoms with van der Waals surface area (Å²) in [6, 6.07) is 7.70. The van der Waals surface area contributed by atoms with E-state index >= 15 is 0 Å². The van der Waals surface area contributed by atoms with E-state index in [9.17, 15) is 8.42 Å². The van der Waals surface area contributed by atoms with Crippen LogP contribution in [0.4, 0.5) is 5.95 Å². The maximum absolute atomic E-state index is 11.4. The first-order chi connectivity index (χ1) is 15.4. The predicted octanol–water partition coefficient (Wildman–Crippen LogP) is 1.85. The molecule has 11 heteroatoms. The molecule has 1 fully saturated rings. The molecule has 2 heterocycles. The molecule has 1 aromatic carbocycles. The molecule has 10 nitrogen and oxygen atoms in total. The monoisotopic (exact) mass is 460 g/mol. The van der Waals surface area contributed by atoms with Crippen LogP contribution in [0.2, 0.25) is 0 Å².